The topological polar surface area (TPSA) is 83.6 Å². The van der Waals surface area contributed by atoms with E-state index in [1.54, 1.807) is 25.1 Å². The summed E-state index contributed by atoms with van der Waals surface area (Å²) in [5, 5.41) is 10.2. The van der Waals surface area contributed by atoms with Crippen LogP contribution in [0.25, 0.3) is 0 Å². The minimum Gasteiger partial charge on any atom is -0.398 e. The van der Waals surface area contributed by atoms with Crippen molar-refractivity contribution in [2.75, 3.05) is 18.8 Å². The average molecular weight is 282 g/mol. The third-order valence-corrected chi connectivity index (χ3v) is 6.12. The van der Waals surface area contributed by atoms with Crippen LogP contribution in [0.1, 0.15) is 18.4 Å². The summed E-state index contributed by atoms with van der Waals surface area (Å²) in [6.45, 7) is 2.11. The Labute approximate surface area is 113 Å². The summed E-state index contributed by atoms with van der Waals surface area (Å²) in [6.07, 6.45) is 2.00. The van der Waals surface area contributed by atoms with Gasteiger partial charge >= 0.3 is 0 Å². The Balaban J connectivity index is 1.86. The van der Waals surface area contributed by atoms with Gasteiger partial charge in [-0.25, -0.2) is 8.42 Å². The van der Waals surface area contributed by atoms with E-state index in [0.29, 0.717) is 11.3 Å². The van der Waals surface area contributed by atoms with Crippen LogP contribution in [0.4, 0.5) is 5.69 Å². The first-order valence-electron chi connectivity index (χ1n) is 6.42. The number of hydrogen-bond donors (Lipinski definition) is 2. The van der Waals surface area contributed by atoms with Crippen molar-refractivity contribution >= 4 is 15.7 Å². The van der Waals surface area contributed by atoms with Gasteiger partial charge in [0.05, 0.1) is 10.5 Å². The average Bonchev–Trinajstić information content (AvgIpc) is 3.12. The van der Waals surface area contributed by atoms with E-state index in [1.807, 2.05) is 0 Å². The van der Waals surface area contributed by atoms with Crippen LogP contribution in [0.2, 0.25) is 0 Å². The number of hydrogen-bond acceptors (Lipinski definition) is 4. The van der Waals surface area contributed by atoms with Gasteiger partial charge in [-0.05, 0) is 43.4 Å². The number of nitrogen functional groups attached to an aromatic ring is 1. The van der Waals surface area contributed by atoms with Gasteiger partial charge in [0.2, 0.25) is 10.0 Å². The van der Waals surface area contributed by atoms with Gasteiger partial charge in [-0.15, -0.1) is 0 Å². The van der Waals surface area contributed by atoms with E-state index in [2.05, 4.69) is 0 Å². The summed E-state index contributed by atoms with van der Waals surface area (Å²) in [7, 11) is -3.54. The van der Waals surface area contributed by atoms with E-state index in [0.717, 1.165) is 12.8 Å². The van der Waals surface area contributed by atoms with Crippen LogP contribution in [-0.2, 0) is 10.0 Å². The Bertz CT molecular complexity index is 617. The maximum absolute atomic E-state index is 12.5. The highest BCUT2D eigenvalue weighted by Gasteiger charge is 2.55. The van der Waals surface area contributed by atoms with Crippen molar-refractivity contribution < 1.29 is 13.5 Å². The molecule has 3 N–H and O–H groups in total. The molecule has 19 heavy (non-hydrogen) atoms. The van der Waals surface area contributed by atoms with Crippen LogP contribution in [0.15, 0.2) is 23.1 Å². The smallest absolute Gasteiger partial charge is 0.243 e. The van der Waals surface area contributed by atoms with Crippen LogP contribution in [0.3, 0.4) is 0 Å². The molecule has 104 valence electrons. The highest BCUT2D eigenvalue weighted by Crippen LogP contribution is 2.46. The first kappa shape index (κ1) is 12.9. The molecule has 0 spiro atoms. The number of aliphatic hydroxyl groups is 1. The van der Waals surface area contributed by atoms with Crippen molar-refractivity contribution in [3.8, 4) is 0 Å². The zero-order chi connectivity index (χ0) is 13.8. The van der Waals surface area contributed by atoms with E-state index in [-0.39, 0.29) is 23.9 Å². The Kier molecular flexibility index (Phi) is 2.68. The summed E-state index contributed by atoms with van der Waals surface area (Å²) >= 11 is 0. The largest absolute Gasteiger partial charge is 0.398 e. The number of rotatable bonds is 3. The van der Waals surface area contributed by atoms with Crippen molar-refractivity contribution in [2.24, 2.45) is 5.92 Å². The standard InChI is InChI=1S/C13H18N2O3S/c1-9-11(14)3-2-4-12(9)19(17,18)15-7-13(16,8-15)10-5-6-10/h2-4,10,16H,5-8,14H2,1H3. The van der Waals surface area contributed by atoms with E-state index < -0.39 is 15.6 Å². The Hall–Kier alpha value is -1.11. The highest BCUT2D eigenvalue weighted by atomic mass is 32.2. The fraction of sp³-hybridized carbons (Fsp3) is 0.538. The first-order valence-corrected chi connectivity index (χ1v) is 7.86. The Morgan fingerprint density at radius 1 is 1.37 bits per heavy atom. The Morgan fingerprint density at radius 2 is 2.00 bits per heavy atom. The number of anilines is 1. The molecule has 3 rings (SSSR count). The third-order valence-electron chi connectivity index (χ3n) is 4.18. The second-order valence-electron chi connectivity index (χ2n) is 5.62. The quantitative estimate of drug-likeness (QED) is 0.800. The summed E-state index contributed by atoms with van der Waals surface area (Å²) < 4.78 is 26.3. The molecular formula is C13H18N2O3S. The van der Waals surface area contributed by atoms with E-state index in [1.165, 1.54) is 4.31 Å². The molecule has 0 aromatic heterocycles. The molecule has 1 aromatic carbocycles. The zero-order valence-corrected chi connectivity index (χ0v) is 11.7. The number of nitrogens with zero attached hydrogens (tertiary/aromatic N) is 1. The minimum absolute atomic E-state index is 0.203. The first-order chi connectivity index (χ1) is 8.84. The lowest BCUT2D eigenvalue weighted by Crippen LogP contribution is -2.64. The summed E-state index contributed by atoms with van der Waals surface area (Å²) in [5.41, 5.74) is 6.00. The monoisotopic (exact) mass is 282 g/mol. The summed E-state index contributed by atoms with van der Waals surface area (Å²) in [6, 6.07) is 4.89. The van der Waals surface area contributed by atoms with Gasteiger partial charge < -0.3 is 10.8 Å². The molecule has 1 aromatic rings. The molecule has 2 fully saturated rings. The normalized spacial score (nSPS) is 23.1. The number of β-amino-alcohol motifs (C(OH)–C–C–N with tert-alkyl or cyclic N) is 1. The molecule has 1 saturated carbocycles. The van der Waals surface area contributed by atoms with Gasteiger partial charge in [-0.2, -0.15) is 4.31 Å². The SMILES string of the molecule is Cc1c(N)cccc1S(=O)(=O)N1CC(O)(C2CC2)C1. The van der Waals surface area contributed by atoms with Gasteiger partial charge in [0, 0.05) is 18.8 Å². The summed E-state index contributed by atoms with van der Waals surface area (Å²) in [4.78, 5) is 0.241. The lowest BCUT2D eigenvalue weighted by atomic mass is 9.91. The van der Waals surface area contributed by atoms with Gasteiger partial charge in [-0.3, -0.25) is 0 Å². The Morgan fingerprint density at radius 3 is 2.58 bits per heavy atom. The van der Waals surface area contributed by atoms with Crippen LogP contribution in [0.5, 0.6) is 0 Å². The lowest BCUT2D eigenvalue weighted by molar-refractivity contribution is -0.0764. The molecule has 0 bridgehead atoms. The van der Waals surface area contributed by atoms with Crippen molar-refractivity contribution in [3.05, 3.63) is 23.8 Å². The van der Waals surface area contributed by atoms with E-state index >= 15 is 0 Å². The van der Waals surface area contributed by atoms with E-state index in [9.17, 15) is 13.5 Å². The van der Waals surface area contributed by atoms with Crippen LogP contribution in [0, 0.1) is 12.8 Å². The molecule has 5 nitrogen and oxygen atoms in total. The van der Waals surface area contributed by atoms with Gasteiger partial charge in [0.1, 0.15) is 0 Å². The predicted octanol–water partition coefficient (Wildman–Crippen LogP) is 0.723. The van der Waals surface area contributed by atoms with Crippen molar-refractivity contribution in [1.82, 2.24) is 4.31 Å². The second-order valence-corrected chi connectivity index (χ2v) is 7.53. The fourth-order valence-electron chi connectivity index (χ4n) is 2.66. The maximum Gasteiger partial charge on any atom is 0.243 e. The molecule has 2 aliphatic rings. The molecular weight excluding hydrogens is 264 g/mol. The second kappa shape index (κ2) is 3.94. The van der Waals surface area contributed by atoms with Crippen LogP contribution in [-0.4, -0.2) is 36.5 Å². The molecule has 1 saturated heterocycles. The van der Waals surface area contributed by atoms with Gasteiger partial charge in [-0.1, -0.05) is 6.07 Å². The number of nitrogens with two attached hydrogens (primary N) is 1. The van der Waals surface area contributed by atoms with E-state index in [4.69, 9.17) is 5.73 Å². The van der Waals surface area contributed by atoms with Crippen molar-refractivity contribution in [3.63, 3.8) is 0 Å². The summed E-state index contributed by atoms with van der Waals surface area (Å²) in [5.74, 6) is 0.279. The lowest BCUT2D eigenvalue weighted by Gasteiger charge is -2.45. The molecule has 1 heterocycles. The fourth-order valence-corrected chi connectivity index (χ4v) is 4.48. The molecule has 1 aliphatic heterocycles. The van der Waals surface area contributed by atoms with Crippen molar-refractivity contribution in [2.45, 2.75) is 30.3 Å². The number of benzene rings is 1. The molecule has 1 aliphatic carbocycles. The molecule has 0 atom stereocenters. The van der Waals surface area contributed by atoms with Crippen LogP contribution < -0.4 is 5.73 Å². The molecule has 0 radical (unpaired) electrons. The highest BCUT2D eigenvalue weighted by molar-refractivity contribution is 7.89. The molecule has 6 heteroatoms. The molecule has 0 unspecified atom stereocenters. The molecule has 0 amide bonds. The van der Waals surface area contributed by atoms with Gasteiger partial charge in [0.15, 0.2) is 0 Å². The van der Waals surface area contributed by atoms with Crippen molar-refractivity contribution in [1.29, 1.82) is 0 Å². The van der Waals surface area contributed by atoms with Gasteiger partial charge in [0.25, 0.3) is 0 Å². The minimum atomic E-state index is -3.54. The number of sulfonamides is 1. The van der Waals surface area contributed by atoms with Crippen LogP contribution >= 0.6 is 0 Å². The zero-order valence-electron chi connectivity index (χ0n) is 10.8. The maximum atomic E-state index is 12.5. The predicted molar refractivity (Wildman–Crippen MR) is 72.0 cm³/mol. The third kappa shape index (κ3) is 1.94.